The monoisotopic (exact) mass is 646 g/mol. The molecule has 0 unspecified atom stereocenters. The van der Waals surface area contributed by atoms with E-state index in [0.717, 1.165) is 38.6 Å². The molecule has 0 saturated heterocycles. The molecule has 0 amide bonds. The van der Waals surface area contributed by atoms with E-state index < -0.39 is 0 Å². The van der Waals surface area contributed by atoms with Crippen LogP contribution in [-0.2, 0) is 0 Å². The minimum Gasteiger partial charge on any atom is -0.456 e. The average molecular weight is 647 g/mol. The van der Waals surface area contributed by atoms with Crippen molar-refractivity contribution in [1.82, 2.24) is 19.5 Å². The lowest BCUT2D eigenvalue weighted by Crippen LogP contribution is -2.00. The summed E-state index contributed by atoms with van der Waals surface area (Å²) in [4.78, 5) is 14.8. The maximum absolute atomic E-state index is 8.84. The molecule has 5 heteroatoms. The molecule has 10 rings (SSSR count). The van der Waals surface area contributed by atoms with Crippen LogP contribution in [0, 0.1) is 0 Å². The Kier molecular flexibility index (Phi) is 5.17. The molecular formula is C45H28N4O. The lowest BCUT2D eigenvalue weighted by molar-refractivity contribution is 0.669. The van der Waals surface area contributed by atoms with Crippen molar-refractivity contribution in [2.45, 2.75) is 0 Å². The summed E-state index contributed by atoms with van der Waals surface area (Å²) >= 11 is 0. The van der Waals surface area contributed by atoms with Gasteiger partial charge in [0.15, 0.2) is 17.5 Å². The number of nitrogens with zero attached hydrogens (tertiary/aromatic N) is 4. The van der Waals surface area contributed by atoms with Crippen LogP contribution in [0.4, 0.5) is 0 Å². The van der Waals surface area contributed by atoms with E-state index in [9.17, 15) is 0 Å². The molecule has 0 saturated carbocycles. The van der Waals surface area contributed by atoms with Gasteiger partial charge in [-0.25, -0.2) is 15.0 Å². The van der Waals surface area contributed by atoms with Crippen molar-refractivity contribution in [2.75, 3.05) is 0 Å². The van der Waals surface area contributed by atoms with Gasteiger partial charge in [0.05, 0.1) is 19.3 Å². The van der Waals surface area contributed by atoms with Crippen LogP contribution in [0.5, 0.6) is 0 Å². The standard InChI is InChI=1S/C45H28N4O/c1-3-11-29(12-4-1)30-19-21-32(22-20-30)44-46-43(31-13-5-2-6-14-31)47-45(48-44)33-23-25-37-38-28-34(24-26-41(38)50-42(37)27-33)49-39-17-9-7-15-35(39)36-16-8-10-18-40(36)49/h1-28H/i7D,8D,15D,16D,17D,18D. The van der Waals surface area contributed by atoms with Crippen molar-refractivity contribution in [3.05, 3.63) is 170 Å². The number of fused-ring (bicyclic) bond motifs is 6. The van der Waals surface area contributed by atoms with Crippen LogP contribution in [0.15, 0.2) is 174 Å². The SMILES string of the molecule is [2H]c1cc([2H])c2c(c1[2H])c1c([2H])c([2H])cc([2H])c1n2-c1ccc2oc3cc(-c4nc(-c5ccccc5)nc(-c5ccc(-c6ccccc6)cc5)n4)ccc3c2c1. The number of para-hydroxylation sites is 2. The summed E-state index contributed by atoms with van der Waals surface area (Å²) < 4.78 is 59.9. The molecule has 0 aliphatic rings. The van der Waals surface area contributed by atoms with Crippen molar-refractivity contribution in [3.8, 4) is 51.0 Å². The molecule has 0 radical (unpaired) electrons. The summed E-state index contributed by atoms with van der Waals surface area (Å²) in [6.45, 7) is 0. The van der Waals surface area contributed by atoms with Gasteiger partial charge in [-0.1, -0.05) is 127 Å². The van der Waals surface area contributed by atoms with Crippen molar-refractivity contribution in [3.63, 3.8) is 0 Å². The number of benzene rings is 7. The van der Waals surface area contributed by atoms with Crippen LogP contribution in [0.25, 0.3) is 94.7 Å². The Morgan fingerprint density at radius 2 is 0.960 bits per heavy atom. The Morgan fingerprint density at radius 1 is 0.420 bits per heavy atom. The van der Waals surface area contributed by atoms with Crippen LogP contribution in [0.3, 0.4) is 0 Å². The van der Waals surface area contributed by atoms with E-state index in [0.29, 0.717) is 45.4 Å². The van der Waals surface area contributed by atoms with Gasteiger partial charge in [-0.05, 0) is 53.5 Å². The first-order valence-electron chi connectivity index (χ1n) is 19.2. The van der Waals surface area contributed by atoms with E-state index in [2.05, 4.69) is 24.3 Å². The van der Waals surface area contributed by atoms with Crippen LogP contribution < -0.4 is 0 Å². The molecule has 3 aromatic heterocycles. The molecule has 0 fully saturated rings. The summed E-state index contributed by atoms with van der Waals surface area (Å²) in [7, 11) is 0. The molecule has 0 spiro atoms. The molecule has 3 heterocycles. The molecule has 10 aromatic rings. The lowest BCUT2D eigenvalue weighted by atomic mass is 10.0. The Hall–Kier alpha value is -6.85. The smallest absolute Gasteiger partial charge is 0.164 e. The van der Waals surface area contributed by atoms with Crippen molar-refractivity contribution in [2.24, 2.45) is 0 Å². The lowest BCUT2D eigenvalue weighted by Gasteiger charge is -2.09. The van der Waals surface area contributed by atoms with Gasteiger partial charge in [-0.15, -0.1) is 0 Å². The third kappa shape index (κ3) is 4.67. The average Bonchev–Trinajstić information content (AvgIpc) is 3.79. The normalized spacial score (nSPS) is 13.3. The molecule has 7 aromatic carbocycles. The highest BCUT2D eigenvalue weighted by Crippen LogP contribution is 2.37. The second kappa shape index (κ2) is 11.4. The van der Waals surface area contributed by atoms with E-state index in [-0.39, 0.29) is 47.0 Å². The fourth-order valence-electron chi connectivity index (χ4n) is 6.61. The molecule has 0 aliphatic heterocycles. The minimum absolute atomic E-state index is 0.0111. The van der Waals surface area contributed by atoms with Gasteiger partial charge in [0, 0.05) is 43.9 Å². The Balaban J connectivity index is 1.12. The quantitative estimate of drug-likeness (QED) is 0.187. The third-order valence-electron chi connectivity index (χ3n) is 9.02. The highest BCUT2D eigenvalue weighted by molar-refractivity contribution is 6.10. The first-order valence-corrected chi connectivity index (χ1v) is 16.2. The number of aromatic nitrogens is 4. The van der Waals surface area contributed by atoms with Gasteiger partial charge >= 0.3 is 0 Å². The fraction of sp³-hybridized carbons (Fsp3) is 0. The topological polar surface area (TPSA) is 56.7 Å². The van der Waals surface area contributed by atoms with Crippen molar-refractivity contribution >= 4 is 43.7 Å². The largest absolute Gasteiger partial charge is 0.456 e. The molecule has 0 N–H and O–H groups in total. The third-order valence-corrected chi connectivity index (χ3v) is 9.02. The predicted molar refractivity (Wildman–Crippen MR) is 203 cm³/mol. The Bertz CT molecular complexity index is 3130. The van der Waals surface area contributed by atoms with E-state index in [1.54, 1.807) is 4.57 Å². The number of furan rings is 1. The zero-order chi connectivity index (χ0) is 38.2. The summed E-state index contributed by atoms with van der Waals surface area (Å²) in [5.74, 6) is 1.57. The van der Waals surface area contributed by atoms with E-state index in [1.165, 1.54) is 12.1 Å². The minimum atomic E-state index is -0.155. The Morgan fingerprint density at radius 3 is 1.62 bits per heavy atom. The molecule has 0 bridgehead atoms. The summed E-state index contributed by atoms with van der Waals surface area (Å²) in [6, 6.07) is 41.5. The van der Waals surface area contributed by atoms with E-state index in [1.807, 2.05) is 97.1 Å². The molecule has 50 heavy (non-hydrogen) atoms. The second-order valence-electron chi connectivity index (χ2n) is 12.0. The van der Waals surface area contributed by atoms with E-state index in [4.69, 9.17) is 27.6 Å². The number of hydrogen-bond acceptors (Lipinski definition) is 4. The number of rotatable bonds is 5. The maximum Gasteiger partial charge on any atom is 0.164 e. The first-order chi connectivity index (χ1) is 27.2. The fourth-order valence-corrected chi connectivity index (χ4v) is 6.61. The van der Waals surface area contributed by atoms with Gasteiger partial charge in [0.25, 0.3) is 0 Å². The molecule has 5 nitrogen and oxygen atoms in total. The molecule has 0 atom stereocenters. The van der Waals surface area contributed by atoms with Crippen LogP contribution >= 0.6 is 0 Å². The van der Waals surface area contributed by atoms with E-state index >= 15 is 0 Å². The zero-order valence-electron chi connectivity index (χ0n) is 32.4. The first kappa shape index (κ1) is 22.7. The van der Waals surface area contributed by atoms with Crippen molar-refractivity contribution in [1.29, 1.82) is 0 Å². The van der Waals surface area contributed by atoms with Gasteiger partial charge < -0.3 is 8.98 Å². The van der Waals surface area contributed by atoms with Gasteiger partial charge in [0.1, 0.15) is 11.2 Å². The molecule has 234 valence electrons. The van der Waals surface area contributed by atoms with Gasteiger partial charge in [-0.3, -0.25) is 0 Å². The van der Waals surface area contributed by atoms with Gasteiger partial charge in [0.2, 0.25) is 0 Å². The number of hydrogen-bond donors (Lipinski definition) is 0. The summed E-state index contributed by atoms with van der Waals surface area (Å²) in [5.41, 5.74) is 7.09. The summed E-state index contributed by atoms with van der Waals surface area (Å²) in [6.07, 6.45) is 0. The van der Waals surface area contributed by atoms with Gasteiger partial charge in [-0.2, -0.15) is 0 Å². The maximum atomic E-state index is 8.84. The highest BCUT2D eigenvalue weighted by atomic mass is 16.3. The van der Waals surface area contributed by atoms with Crippen molar-refractivity contribution < 1.29 is 12.6 Å². The zero-order valence-corrected chi connectivity index (χ0v) is 26.4. The van der Waals surface area contributed by atoms with Crippen LogP contribution in [-0.4, -0.2) is 19.5 Å². The second-order valence-corrected chi connectivity index (χ2v) is 12.0. The highest BCUT2D eigenvalue weighted by Gasteiger charge is 2.17. The molecular weight excluding hydrogens is 613 g/mol. The van der Waals surface area contributed by atoms with Crippen LogP contribution in [0.2, 0.25) is 0 Å². The van der Waals surface area contributed by atoms with Crippen LogP contribution in [0.1, 0.15) is 8.22 Å². The predicted octanol–water partition coefficient (Wildman–Crippen LogP) is 11.5. The molecule has 0 aliphatic carbocycles. The summed E-state index contributed by atoms with van der Waals surface area (Å²) in [5, 5.41) is 2.03. The Labute approximate surface area is 296 Å².